The molecule has 0 radical (unpaired) electrons. The van der Waals surface area contributed by atoms with E-state index in [0.29, 0.717) is 19.8 Å². The average Bonchev–Trinajstić information content (AvgIpc) is 2.30. The number of carbonyl (C=O) groups excluding carboxylic acids is 1. The van der Waals surface area contributed by atoms with Gasteiger partial charge in [-0.2, -0.15) is 0 Å². The Hall–Kier alpha value is -0.810. The van der Waals surface area contributed by atoms with Gasteiger partial charge in [-0.25, -0.2) is 4.79 Å². The molecule has 1 saturated heterocycles. The lowest BCUT2D eigenvalue weighted by molar-refractivity contribution is -0.0319. The highest BCUT2D eigenvalue weighted by Gasteiger charge is 2.31. The van der Waals surface area contributed by atoms with Gasteiger partial charge < -0.3 is 14.8 Å². The lowest BCUT2D eigenvalue weighted by atomic mass is 9.85. The topological polar surface area (TPSA) is 50.8 Å². The Kier molecular flexibility index (Phi) is 5.27. The second-order valence-corrected chi connectivity index (χ2v) is 6.86. The number of morpholine rings is 1. The average molecular weight is 284 g/mol. The molecule has 0 bridgehead atoms. The molecule has 5 heteroatoms. The number of ether oxygens (including phenoxy) is 2. The van der Waals surface area contributed by atoms with Crippen LogP contribution in [-0.2, 0) is 9.47 Å². The Morgan fingerprint density at radius 1 is 1.35 bits per heavy atom. The van der Waals surface area contributed by atoms with Gasteiger partial charge in [0.1, 0.15) is 5.60 Å². The van der Waals surface area contributed by atoms with Crippen molar-refractivity contribution in [2.75, 3.05) is 32.8 Å². The van der Waals surface area contributed by atoms with Crippen LogP contribution < -0.4 is 5.32 Å². The minimum atomic E-state index is -0.445. The molecule has 1 heterocycles. The summed E-state index contributed by atoms with van der Waals surface area (Å²) in [5.41, 5.74) is -0.445. The minimum Gasteiger partial charge on any atom is -0.444 e. The van der Waals surface area contributed by atoms with Crippen LogP contribution in [0.15, 0.2) is 0 Å². The Balaban J connectivity index is 1.79. The number of hydrogen-bond donors (Lipinski definition) is 1. The van der Waals surface area contributed by atoms with E-state index in [1.807, 2.05) is 25.7 Å². The Morgan fingerprint density at radius 3 is 2.70 bits per heavy atom. The van der Waals surface area contributed by atoms with Gasteiger partial charge >= 0.3 is 6.09 Å². The molecule has 2 rings (SSSR count). The molecule has 1 aliphatic carbocycles. The van der Waals surface area contributed by atoms with E-state index in [1.54, 1.807) is 0 Å². The van der Waals surface area contributed by atoms with Crippen molar-refractivity contribution in [1.82, 2.24) is 10.2 Å². The van der Waals surface area contributed by atoms with Gasteiger partial charge in [0.05, 0.1) is 19.3 Å². The van der Waals surface area contributed by atoms with Crippen molar-refractivity contribution >= 4 is 6.09 Å². The summed E-state index contributed by atoms with van der Waals surface area (Å²) in [5, 5.41) is 3.48. The number of nitrogens with zero attached hydrogens (tertiary/aromatic N) is 1. The SMILES string of the molecule is CC(C)(C)OC(=O)N1CCOCC1CNCC1CCC1. The molecule has 20 heavy (non-hydrogen) atoms. The van der Waals surface area contributed by atoms with Crippen molar-refractivity contribution in [1.29, 1.82) is 0 Å². The third kappa shape index (κ3) is 4.63. The van der Waals surface area contributed by atoms with Gasteiger partial charge in [0.25, 0.3) is 0 Å². The molecule has 0 spiro atoms. The maximum atomic E-state index is 12.2. The highest BCUT2D eigenvalue weighted by atomic mass is 16.6. The van der Waals surface area contributed by atoms with Gasteiger partial charge in [0, 0.05) is 13.1 Å². The standard InChI is InChI=1S/C15H28N2O3/c1-15(2,3)20-14(18)17-7-8-19-11-13(17)10-16-9-12-5-4-6-12/h12-13,16H,4-11H2,1-3H3. The fourth-order valence-electron chi connectivity index (χ4n) is 2.54. The summed E-state index contributed by atoms with van der Waals surface area (Å²) in [6.07, 6.45) is 3.81. The van der Waals surface area contributed by atoms with Crippen LogP contribution in [-0.4, -0.2) is 55.5 Å². The summed E-state index contributed by atoms with van der Waals surface area (Å²) in [7, 11) is 0. The molecule has 116 valence electrons. The van der Waals surface area contributed by atoms with Crippen LogP contribution in [0.3, 0.4) is 0 Å². The molecule has 2 aliphatic rings. The smallest absolute Gasteiger partial charge is 0.410 e. The number of nitrogens with one attached hydrogen (secondary N) is 1. The summed E-state index contributed by atoms with van der Waals surface area (Å²) >= 11 is 0. The fraction of sp³-hybridized carbons (Fsp3) is 0.933. The van der Waals surface area contributed by atoms with Gasteiger partial charge in [0.15, 0.2) is 0 Å². The van der Waals surface area contributed by atoms with Crippen LogP contribution in [0, 0.1) is 5.92 Å². The summed E-state index contributed by atoms with van der Waals surface area (Å²) < 4.78 is 11.0. The lowest BCUT2D eigenvalue weighted by Crippen LogP contribution is -2.54. The maximum absolute atomic E-state index is 12.2. The molecule has 0 aromatic heterocycles. The van der Waals surface area contributed by atoms with E-state index in [0.717, 1.165) is 19.0 Å². The van der Waals surface area contributed by atoms with Crippen molar-refractivity contribution in [2.24, 2.45) is 5.92 Å². The van der Waals surface area contributed by atoms with Crippen molar-refractivity contribution in [3.8, 4) is 0 Å². The summed E-state index contributed by atoms with van der Waals surface area (Å²) in [6.45, 7) is 9.34. The Labute approximate surface area is 122 Å². The van der Waals surface area contributed by atoms with E-state index in [-0.39, 0.29) is 12.1 Å². The lowest BCUT2D eigenvalue weighted by Gasteiger charge is -2.37. The first-order valence-electron chi connectivity index (χ1n) is 7.74. The van der Waals surface area contributed by atoms with Crippen molar-refractivity contribution in [2.45, 2.75) is 51.7 Å². The van der Waals surface area contributed by atoms with Crippen LogP contribution >= 0.6 is 0 Å². The number of rotatable bonds is 4. The van der Waals surface area contributed by atoms with E-state index >= 15 is 0 Å². The van der Waals surface area contributed by atoms with Crippen LogP contribution in [0.2, 0.25) is 0 Å². The fourth-order valence-corrected chi connectivity index (χ4v) is 2.54. The third-order valence-corrected chi connectivity index (χ3v) is 3.89. The molecule has 1 atom stereocenters. The van der Waals surface area contributed by atoms with Crippen molar-refractivity contribution in [3.63, 3.8) is 0 Å². The highest BCUT2D eigenvalue weighted by molar-refractivity contribution is 5.68. The van der Waals surface area contributed by atoms with Gasteiger partial charge in [-0.15, -0.1) is 0 Å². The van der Waals surface area contributed by atoms with E-state index in [1.165, 1.54) is 19.3 Å². The predicted molar refractivity (Wildman–Crippen MR) is 77.8 cm³/mol. The first kappa shape index (κ1) is 15.6. The zero-order chi connectivity index (χ0) is 14.6. The molecule has 1 saturated carbocycles. The number of amides is 1. The molecule has 1 N–H and O–H groups in total. The molecule has 0 aromatic rings. The number of hydrogen-bond acceptors (Lipinski definition) is 4. The molecule has 1 amide bonds. The van der Waals surface area contributed by atoms with Crippen LogP contribution in [0.25, 0.3) is 0 Å². The zero-order valence-corrected chi connectivity index (χ0v) is 13.0. The Bertz CT molecular complexity index is 324. The van der Waals surface area contributed by atoms with Gasteiger partial charge in [-0.05, 0) is 46.1 Å². The van der Waals surface area contributed by atoms with E-state index < -0.39 is 5.60 Å². The molecule has 1 unspecified atom stereocenters. The van der Waals surface area contributed by atoms with Crippen LogP contribution in [0.5, 0.6) is 0 Å². The highest BCUT2D eigenvalue weighted by Crippen LogP contribution is 2.25. The summed E-state index contributed by atoms with van der Waals surface area (Å²) in [6, 6.07) is 0.0821. The Morgan fingerprint density at radius 2 is 2.10 bits per heavy atom. The molecular formula is C15H28N2O3. The predicted octanol–water partition coefficient (Wildman–Crippen LogP) is 2.01. The quantitative estimate of drug-likeness (QED) is 0.858. The van der Waals surface area contributed by atoms with E-state index in [4.69, 9.17) is 9.47 Å². The van der Waals surface area contributed by atoms with Crippen molar-refractivity contribution < 1.29 is 14.3 Å². The monoisotopic (exact) mass is 284 g/mol. The second kappa shape index (κ2) is 6.76. The summed E-state index contributed by atoms with van der Waals surface area (Å²) in [5.74, 6) is 0.828. The zero-order valence-electron chi connectivity index (χ0n) is 13.0. The van der Waals surface area contributed by atoms with E-state index in [9.17, 15) is 4.79 Å². The molecule has 0 aromatic carbocycles. The third-order valence-electron chi connectivity index (χ3n) is 3.89. The van der Waals surface area contributed by atoms with Crippen LogP contribution in [0.4, 0.5) is 4.79 Å². The first-order chi connectivity index (χ1) is 9.46. The maximum Gasteiger partial charge on any atom is 0.410 e. The molecule has 5 nitrogen and oxygen atoms in total. The molecular weight excluding hydrogens is 256 g/mol. The van der Waals surface area contributed by atoms with Crippen molar-refractivity contribution in [3.05, 3.63) is 0 Å². The number of carbonyl (C=O) groups is 1. The first-order valence-corrected chi connectivity index (χ1v) is 7.74. The minimum absolute atomic E-state index is 0.0821. The second-order valence-electron chi connectivity index (χ2n) is 6.86. The van der Waals surface area contributed by atoms with Crippen LogP contribution in [0.1, 0.15) is 40.0 Å². The molecule has 1 aliphatic heterocycles. The van der Waals surface area contributed by atoms with Gasteiger partial charge in [-0.1, -0.05) is 6.42 Å². The van der Waals surface area contributed by atoms with E-state index in [2.05, 4.69) is 5.32 Å². The van der Waals surface area contributed by atoms with Gasteiger partial charge in [0.2, 0.25) is 0 Å². The normalized spacial score (nSPS) is 24.4. The summed E-state index contributed by atoms with van der Waals surface area (Å²) in [4.78, 5) is 14.0. The molecule has 2 fully saturated rings. The van der Waals surface area contributed by atoms with Gasteiger partial charge in [-0.3, -0.25) is 4.90 Å². The largest absolute Gasteiger partial charge is 0.444 e.